The Labute approximate surface area is 109 Å². The molecule has 3 heterocycles. The molecule has 0 unspecified atom stereocenters. The molecule has 1 N–H and O–H groups in total. The summed E-state index contributed by atoms with van der Waals surface area (Å²) in [5.41, 5.74) is 2.33. The number of aromatic nitrogens is 1. The molecule has 0 aliphatic carbocycles. The predicted molar refractivity (Wildman–Crippen MR) is 70.2 cm³/mol. The van der Waals surface area contributed by atoms with E-state index >= 15 is 0 Å². The average Bonchev–Trinajstić information content (AvgIpc) is 2.45. The van der Waals surface area contributed by atoms with Crippen LogP contribution >= 0.6 is 0 Å². The summed E-state index contributed by atoms with van der Waals surface area (Å²) in [7, 11) is 0. The van der Waals surface area contributed by atoms with E-state index in [1.165, 1.54) is 0 Å². The van der Waals surface area contributed by atoms with Crippen molar-refractivity contribution in [1.82, 2.24) is 4.98 Å². The van der Waals surface area contributed by atoms with Gasteiger partial charge in [-0.15, -0.1) is 0 Å². The highest BCUT2D eigenvalue weighted by molar-refractivity contribution is 6.10. The number of benzene rings is 1. The summed E-state index contributed by atoms with van der Waals surface area (Å²) in [6, 6.07) is 3.77. The fraction of sp³-hybridized carbons (Fsp3) is 0.286. The molecule has 0 bridgehead atoms. The number of hydrogen-bond acceptors (Lipinski definition) is 5. The molecule has 0 atom stereocenters. The van der Waals surface area contributed by atoms with Crippen molar-refractivity contribution in [2.75, 3.05) is 25.1 Å². The molecule has 0 saturated heterocycles. The van der Waals surface area contributed by atoms with Crippen LogP contribution in [0.2, 0.25) is 0 Å². The van der Waals surface area contributed by atoms with Crippen LogP contribution in [0.4, 0.5) is 5.69 Å². The topological polar surface area (TPSA) is 60.5 Å². The molecule has 96 valence electrons. The molecule has 19 heavy (non-hydrogen) atoms. The quantitative estimate of drug-likeness (QED) is 0.781. The number of ether oxygens (including phenoxy) is 2. The summed E-state index contributed by atoms with van der Waals surface area (Å²) < 4.78 is 11.1. The molecule has 5 nitrogen and oxygen atoms in total. The Morgan fingerprint density at radius 2 is 1.95 bits per heavy atom. The maximum Gasteiger partial charge on any atom is 0.168 e. The van der Waals surface area contributed by atoms with Gasteiger partial charge >= 0.3 is 0 Å². The number of rotatable bonds is 0. The van der Waals surface area contributed by atoms with Crippen LogP contribution in [0.25, 0.3) is 10.9 Å². The van der Waals surface area contributed by atoms with Crippen LogP contribution in [0.1, 0.15) is 16.8 Å². The van der Waals surface area contributed by atoms with Crippen LogP contribution in [0.15, 0.2) is 18.3 Å². The zero-order chi connectivity index (χ0) is 12.8. The molecular weight excluding hydrogens is 244 g/mol. The molecular formula is C14H12N2O3. The van der Waals surface area contributed by atoms with Gasteiger partial charge in [0.2, 0.25) is 0 Å². The minimum atomic E-state index is 0.137. The second-order valence-corrected chi connectivity index (χ2v) is 4.66. The molecule has 1 aromatic heterocycles. The van der Waals surface area contributed by atoms with Crippen molar-refractivity contribution in [2.24, 2.45) is 0 Å². The standard InChI is InChI=1S/C14H12N2O3/c17-11-1-2-15-14-8-5-12-13(19-4-3-18-12)6-10(8)16-7-9(11)14/h5-7,15H,1-4H2. The molecule has 0 saturated carbocycles. The summed E-state index contributed by atoms with van der Waals surface area (Å²) in [4.78, 5) is 16.2. The van der Waals surface area contributed by atoms with E-state index in [9.17, 15) is 4.79 Å². The molecule has 0 amide bonds. The molecule has 2 aliphatic rings. The average molecular weight is 256 g/mol. The minimum Gasteiger partial charge on any atom is -0.486 e. The van der Waals surface area contributed by atoms with Crippen LogP contribution in [0.3, 0.4) is 0 Å². The van der Waals surface area contributed by atoms with Crippen LogP contribution in [0, 0.1) is 0 Å². The normalized spacial score (nSPS) is 16.9. The maximum atomic E-state index is 11.9. The van der Waals surface area contributed by atoms with Crippen LogP contribution < -0.4 is 14.8 Å². The first kappa shape index (κ1) is 10.6. The van der Waals surface area contributed by atoms with E-state index in [0.29, 0.717) is 43.2 Å². The Bertz CT molecular complexity index is 697. The fourth-order valence-electron chi connectivity index (χ4n) is 2.57. The Balaban J connectivity index is 2.00. The van der Waals surface area contributed by atoms with Gasteiger partial charge in [0.05, 0.1) is 16.8 Å². The molecule has 2 aromatic rings. The maximum absolute atomic E-state index is 11.9. The number of carbonyl (C=O) groups is 1. The molecule has 1 aromatic carbocycles. The van der Waals surface area contributed by atoms with E-state index in [-0.39, 0.29) is 5.78 Å². The van der Waals surface area contributed by atoms with Crippen molar-refractivity contribution < 1.29 is 14.3 Å². The van der Waals surface area contributed by atoms with Crippen molar-refractivity contribution in [3.05, 3.63) is 23.9 Å². The van der Waals surface area contributed by atoms with E-state index in [0.717, 1.165) is 16.6 Å². The monoisotopic (exact) mass is 256 g/mol. The number of nitrogens with one attached hydrogen (secondary N) is 1. The zero-order valence-corrected chi connectivity index (χ0v) is 10.2. The highest BCUT2D eigenvalue weighted by Crippen LogP contribution is 2.38. The van der Waals surface area contributed by atoms with Crippen LogP contribution in [0.5, 0.6) is 11.5 Å². The predicted octanol–water partition coefficient (Wildman–Crippen LogP) is 2.00. The Kier molecular flexibility index (Phi) is 2.15. The number of carbonyl (C=O) groups excluding carboxylic acids is 1. The summed E-state index contributed by atoms with van der Waals surface area (Å²) in [5.74, 6) is 1.57. The molecule has 0 spiro atoms. The lowest BCUT2D eigenvalue weighted by Crippen LogP contribution is -2.19. The summed E-state index contributed by atoms with van der Waals surface area (Å²) in [6.45, 7) is 1.77. The van der Waals surface area contributed by atoms with Gasteiger partial charge < -0.3 is 14.8 Å². The van der Waals surface area contributed by atoms with Crippen molar-refractivity contribution in [3.8, 4) is 11.5 Å². The molecule has 5 heteroatoms. The number of anilines is 1. The Morgan fingerprint density at radius 3 is 2.79 bits per heavy atom. The lowest BCUT2D eigenvalue weighted by Gasteiger charge is -2.22. The van der Waals surface area contributed by atoms with Gasteiger partial charge in [0.15, 0.2) is 17.3 Å². The molecule has 4 rings (SSSR count). The van der Waals surface area contributed by atoms with Gasteiger partial charge in [-0.05, 0) is 6.07 Å². The van der Waals surface area contributed by atoms with E-state index < -0.39 is 0 Å². The first-order valence-electron chi connectivity index (χ1n) is 6.32. The van der Waals surface area contributed by atoms with Gasteiger partial charge in [-0.25, -0.2) is 0 Å². The van der Waals surface area contributed by atoms with Gasteiger partial charge in [0.1, 0.15) is 13.2 Å². The van der Waals surface area contributed by atoms with Gasteiger partial charge in [0.25, 0.3) is 0 Å². The summed E-state index contributed by atoms with van der Waals surface area (Å²) in [6.07, 6.45) is 2.16. The first-order chi connectivity index (χ1) is 9.33. The SMILES string of the molecule is O=C1CCNc2c1cnc1cc3c(cc21)OCCO3. The zero-order valence-electron chi connectivity index (χ0n) is 10.2. The number of pyridine rings is 1. The van der Waals surface area contributed by atoms with Crippen molar-refractivity contribution in [2.45, 2.75) is 6.42 Å². The second kappa shape index (κ2) is 3.85. The van der Waals surface area contributed by atoms with Crippen molar-refractivity contribution in [3.63, 3.8) is 0 Å². The van der Waals surface area contributed by atoms with E-state index in [2.05, 4.69) is 10.3 Å². The second-order valence-electron chi connectivity index (χ2n) is 4.66. The number of nitrogens with zero attached hydrogens (tertiary/aromatic N) is 1. The van der Waals surface area contributed by atoms with Crippen molar-refractivity contribution >= 4 is 22.4 Å². The highest BCUT2D eigenvalue weighted by atomic mass is 16.6. The molecule has 0 fully saturated rings. The fourth-order valence-corrected chi connectivity index (χ4v) is 2.57. The van der Waals surface area contributed by atoms with E-state index in [1.54, 1.807) is 6.20 Å². The molecule has 2 aliphatic heterocycles. The number of hydrogen-bond donors (Lipinski definition) is 1. The lowest BCUT2D eigenvalue weighted by atomic mass is 10.0. The largest absolute Gasteiger partial charge is 0.486 e. The van der Waals surface area contributed by atoms with E-state index in [1.807, 2.05) is 12.1 Å². The molecule has 0 radical (unpaired) electrons. The first-order valence-corrected chi connectivity index (χ1v) is 6.32. The van der Waals surface area contributed by atoms with Gasteiger partial charge in [0, 0.05) is 30.6 Å². The van der Waals surface area contributed by atoms with E-state index in [4.69, 9.17) is 9.47 Å². The third-order valence-corrected chi connectivity index (χ3v) is 3.49. The Morgan fingerprint density at radius 1 is 1.16 bits per heavy atom. The Hall–Kier alpha value is -2.30. The third-order valence-electron chi connectivity index (χ3n) is 3.49. The smallest absolute Gasteiger partial charge is 0.168 e. The summed E-state index contributed by atoms with van der Waals surface area (Å²) in [5, 5.41) is 4.20. The van der Waals surface area contributed by atoms with Gasteiger partial charge in [-0.1, -0.05) is 0 Å². The lowest BCUT2D eigenvalue weighted by molar-refractivity contribution is 0.0983. The van der Waals surface area contributed by atoms with Crippen molar-refractivity contribution in [1.29, 1.82) is 0 Å². The third kappa shape index (κ3) is 1.54. The number of ketones is 1. The van der Waals surface area contributed by atoms with Crippen LogP contribution in [-0.2, 0) is 0 Å². The summed E-state index contributed by atoms with van der Waals surface area (Å²) >= 11 is 0. The van der Waals surface area contributed by atoms with Gasteiger partial charge in [-0.2, -0.15) is 0 Å². The van der Waals surface area contributed by atoms with Gasteiger partial charge in [-0.3, -0.25) is 9.78 Å². The minimum absolute atomic E-state index is 0.137. The van der Waals surface area contributed by atoms with Crippen LogP contribution in [-0.4, -0.2) is 30.5 Å². The highest BCUT2D eigenvalue weighted by Gasteiger charge is 2.22. The number of fused-ring (bicyclic) bond motifs is 4. The number of Topliss-reactive ketones (excluding diaryl/α,β-unsaturated/α-hetero) is 1.